The zero-order valence-electron chi connectivity index (χ0n) is 18.7. The number of rotatable bonds is 4. The van der Waals surface area contributed by atoms with Gasteiger partial charge in [-0.1, -0.05) is 26.0 Å². The fourth-order valence-corrected chi connectivity index (χ4v) is 5.52. The Balaban J connectivity index is 1.63. The maximum atomic E-state index is 13.0. The van der Waals surface area contributed by atoms with Gasteiger partial charge in [-0.05, 0) is 75.0 Å². The molecule has 1 aromatic carbocycles. The summed E-state index contributed by atoms with van der Waals surface area (Å²) in [5.74, 6) is 0. The van der Waals surface area contributed by atoms with Crippen LogP contribution in [0, 0.1) is 0 Å². The van der Waals surface area contributed by atoms with Gasteiger partial charge >= 0.3 is 6.03 Å². The molecule has 0 spiro atoms. The van der Waals surface area contributed by atoms with Crippen molar-refractivity contribution in [3.63, 3.8) is 0 Å². The van der Waals surface area contributed by atoms with Gasteiger partial charge in [-0.15, -0.1) is 4.36 Å². The van der Waals surface area contributed by atoms with Crippen molar-refractivity contribution in [1.29, 1.82) is 0 Å². The van der Waals surface area contributed by atoms with Crippen LogP contribution < -0.4 is 10.5 Å². The minimum atomic E-state index is -3.34. The molecule has 8 heteroatoms. The van der Waals surface area contributed by atoms with Crippen molar-refractivity contribution in [1.82, 2.24) is 9.88 Å². The number of benzene rings is 1. The highest BCUT2D eigenvalue weighted by molar-refractivity contribution is 7.91. The Hall–Kier alpha value is -2.29. The van der Waals surface area contributed by atoms with E-state index in [1.165, 1.54) is 0 Å². The molecule has 0 bridgehead atoms. The third-order valence-electron chi connectivity index (χ3n) is 6.18. The Morgan fingerprint density at radius 3 is 2.58 bits per heavy atom. The van der Waals surface area contributed by atoms with Crippen molar-refractivity contribution in [3.8, 4) is 0 Å². The van der Waals surface area contributed by atoms with E-state index in [4.69, 9.17) is 10.1 Å². The second-order valence-electron chi connectivity index (χ2n) is 9.45. The molecule has 4 rings (SSSR count). The number of pyridine rings is 1. The van der Waals surface area contributed by atoms with E-state index in [0.717, 1.165) is 72.4 Å². The third-order valence-corrected chi connectivity index (χ3v) is 7.56. The summed E-state index contributed by atoms with van der Waals surface area (Å²) in [6.07, 6.45) is 4.69. The smallest absolute Gasteiger partial charge is 0.305 e. The molecule has 0 saturated carbocycles. The maximum absolute atomic E-state index is 13.0. The van der Waals surface area contributed by atoms with Crippen molar-refractivity contribution in [2.75, 3.05) is 19.4 Å². The molecule has 7 nitrogen and oxygen atoms in total. The van der Waals surface area contributed by atoms with Gasteiger partial charge < -0.3 is 10.2 Å². The molecule has 1 heterocycles. The van der Waals surface area contributed by atoms with Crippen LogP contribution in [0.4, 0.5) is 10.5 Å². The summed E-state index contributed by atoms with van der Waals surface area (Å²) in [4.78, 5) is 20.1. The topological polar surface area (TPSA) is 101 Å². The fraction of sp³-hybridized carbons (Fsp3) is 0.478. The van der Waals surface area contributed by atoms with E-state index in [-0.39, 0.29) is 5.41 Å². The first kappa shape index (κ1) is 21.9. The van der Waals surface area contributed by atoms with Gasteiger partial charge in [0.25, 0.3) is 0 Å². The number of aromatic nitrogens is 1. The third kappa shape index (κ3) is 4.37. The van der Waals surface area contributed by atoms with E-state index in [0.29, 0.717) is 4.90 Å². The number of nitrogens with zero attached hydrogens (tertiary/aromatic N) is 3. The number of nitrogens with one attached hydrogen (secondary N) is 1. The molecule has 3 N–H and O–H groups in total. The van der Waals surface area contributed by atoms with E-state index < -0.39 is 15.9 Å². The molecular formula is C23H31N5O2S. The summed E-state index contributed by atoms with van der Waals surface area (Å²) in [7, 11) is 0.617. The minimum Gasteiger partial charge on any atom is -0.305 e. The Morgan fingerprint density at radius 1 is 1.19 bits per heavy atom. The van der Waals surface area contributed by atoms with Crippen LogP contribution in [0.15, 0.2) is 33.5 Å². The van der Waals surface area contributed by atoms with Crippen LogP contribution >= 0.6 is 0 Å². The van der Waals surface area contributed by atoms with Crippen molar-refractivity contribution in [3.05, 3.63) is 52.3 Å². The van der Waals surface area contributed by atoms with E-state index in [9.17, 15) is 9.00 Å². The van der Waals surface area contributed by atoms with Gasteiger partial charge in [-0.3, -0.25) is 4.98 Å². The number of anilines is 1. The average molecular weight is 442 g/mol. The quantitative estimate of drug-likeness (QED) is 0.754. The molecule has 0 saturated heterocycles. The largest absolute Gasteiger partial charge is 0.354 e. The molecule has 0 unspecified atom stereocenters. The molecule has 1 aromatic heterocycles. The lowest BCUT2D eigenvalue weighted by atomic mass is 9.90. The lowest BCUT2D eigenvalue weighted by Crippen LogP contribution is -2.20. The monoisotopic (exact) mass is 441 g/mol. The van der Waals surface area contributed by atoms with E-state index in [1.54, 1.807) is 12.1 Å². The Kier molecular flexibility index (Phi) is 5.66. The van der Waals surface area contributed by atoms with Crippen LogP contribution in [0.1, 0.15) is 54.8 Å². The number of aryl methyl sites for hydroxylation is 1. The van der Waals surface area contributed by atoms with Crippen molar-refractivity contribution >= 4 is 21.6 Å². The standard InChI is InChI=1S/C23H31N5O2S/c1-23(2)13-12-18-20(17-6-5-7-19(17)25-21(18)23)26-22(29)27-31(24,30)16-10-8-15(9-11-16)14-28(3)4/h8-11H,5-7,12-14H2,1-4H3,(H3,24,25,26,27,29,30)/t31-/m1/s1. The second-order valence-corrected chi connectivity index (χ2v) is 11.2. The zero-order valence-corrected chi connectivity index (χ0v) is 19.5. The highest BCUT2D eigenvalue weighted by Crippen LogP contribution is 2.44. The molecule has 2 amide bonds. The van der Waals surface area contributed by atoms with E-state index >= 15 is 0 Å². The van der Waals surface area contributed by atoms with Crippen molar-refractivity contribution in [2.45, 2.75) is 62.8 Å². The Bertz CT molecular complexity index is 1150. The predicted octanol–water partition coefficient (Wildman–Crippen LogP) is 3.79. The van der Waals surface area contributed by atoms with Crippen molar-refractivity contribution < 1.29 is 9.00 Å². The summed E-state index contributed by atoms with van der Waals surface area (Å²) >= 11 is 0. The average Bonchev–Trinajstić information content (AvgIpc) is 3.26. The molecule has 2 aromatic rings. The molecule has 0 radical (unpaired) electrons. The van der Waals surface area contributed by atoms with Crippen LogP contribution in [-0.4, -0.2) is 34.2 Å². The summed E-state index contributed by atoms with van der Waals surface area (Å²) in [6.45, 7) is 5.14. The first-order valence-electron chi connectivity index (χ1n) is 10.7. The van der Waals surface area contributed by atoms with Gasteiger partial charge in [0.1, 0.15) is 9.92 Å². The van der Waals surface area contributed by atoms with Crippen LogP contribution in [-0.2, 0) is 41.1 Å². The van der Waals surface area contributed by atoms with Gasteiger partial charge in [0.15, 0.2) is 0 Å². The van der Waals surface area contributed by atoms with Crippen LogP contribution in [0.5, 0.6) is 0 Å². The van der Waals surface area contributed by atoms with Gasteiger partial charge in [-0.25, -0.2) is 14.1 Å². The SMILES string of the molecule is CN(C)Cc1ccc([S@](N)(=O)=NC(=O)Nc2c3c(nc4c2CCC4(C)C)CCC3)cc1. The maximum Gasteiger partial charge on any atom is 0.354 e. The van der Waals surface area contributed by atoms with E-state index in [2.05, 4.69) is 23.5 Å². The Morgan fingerprint density at radius 2 is 1.90 bits per heavy atom. The number of fused-ring (bicyclic) bond motifs is 2. The highest BCUT2D eigenvalue weighted by atomic mass is 32.2. The fourth-order valence-electron chi connectivity index (χ4n) is 4.59. The Labute approximate surface area is 184 Å². The first-order valence-corrected chi connectivity index (χ1v) is 12.3. The minimum absolute atomic E-state index is 0.0146. The number of amides is 2. The van der Waals surface area contributed by atoms with Gasteiger partial charge in [0, 0.05) is 17.7 Å². The van der Waals surface area contributed by atoms with Gasteiger partial charge in [0.2, 0.25) is 0 Å². The van der Waals surface area contributed by atoms with Crippen LogP contribution in [0.3, 0.4) is 0 Å². The molecule has 2 aliphatic carbocycles. The first-order chi connectivity index (χ1) is 14.6. The molecular weight excluding hydrogens is 410 g/mol. The molecule has 0 fully saturated rings. The number of hydrogen-bond donors (Lipinski definition) is 2. The van der Waals surface area contributed by atoms with Gasteiger partial charge in [0.05, 0.1) is 16.3 Å². The summed E-state index contributed by atoms with van der Waals surface area (Å²) in [5.41, 5.74) is 6.18. The molecule has 166 valence electrons. The number of urea groups is 1. The van der Waals surface area contributed by atoms with Crippen LogP contribution in [0.2, 0.25) is 0 Å². The predicted molar refractivity (Wildman–Crippen MR) is 123 cm³/mol. The molecule has 1 atom stereocenters. The number of hydrogen-bond acceptors (Lipinski definition) is 4. The number of carbonyl (C=O) groups excluding carboxylic acids is 1. The molecule has 31 heavy (non-hydrogen) atoms. The van der Waals surface area contributed by atoms with Crippen molar-refractivity contribution in [2.24, 2.45) is 9.50 Å². The van der Waals surface area contributed by atoms with E-state index in [1.807, 2.05) is 31.1 Å². The lowest BCUT2D eigenvalue weighted by molar-refractivity contribution is 0.260. The summed E-state index contributed by atoms with van der Waals surface area (Å²) in [6, 6.07) is 6.42. The zero-order chi connectivity index (χ0) is 22.4. The van der Waals surface area contributed by atoms with Gasteiger partial charge in [-0.2, -0.15) is 0 Å². The summed E-state index contributed by atoms with van der Waals surface area (Å²) in [5, 5.41) is 8.92. The summed E-state index contributed by atoms with van der Waals surface area (Å²) < 4.78 is 16.9. The highest BCUT2D eigenvalue weighted by Gasteiger charge is 2.36. The second kappa shape index (κ2) is 8.00. The number of carbonyl (C=O) groups is 1. The molecule has 0 aliphatic heterocycles. The molecule has 2 aliphatic rings. The van der Waals surface area contributed by atoms with Crippen LogP contribution in [0.25, 0.3) is 0 Å². The number of nitrogens with two attached hydrogens (primary N) is 1. The normalized spacial score (nSPS) is 18.4. The lowest BCUT2D eigenvalue weighted by Gasteiger charge is -2.20.